The second-order valence-electron chi connectivity index (χ2n) is 5.47. The Labute approximate surface area is 117 Å². The van der Waals surface area contributed by atoms with Gasteiger partial charge in [0, 0.05) is 0 Å². The predicted octanol–water partition coefficient (Wildman–Crippen LogP) is 1.52. The van der Waals surface area contributed by atoms with Gasteiger partial charge in [-0.05, 0) is 37.4 Å². The Morgan fingerprint density at radius 3 is 3.05 bits per heavy atom. The van der Waals surface area contributed by atoms with Crippen LogP contribution in [0.5, 0.6) is 0 Å². The molecule has 0 saturated carbocycles. The quantitative estimate of drug-likeness (QED) is 0.795. The highest BCUT2D eigenvalue weighted by atomic mass is 16.3. The molecule has 2 unspecified atom stereocenters. The minimum atomic E-state index is -0.518. The van der Waals surface area contributed by atoms with E-state index in [0.29, 0.717) is 0 Å². The van der Waals surface area contributed by atoms with Gasteiger partial charge < -0.3 is 10.1 Å². The molecule has 0 spiro atoms. The van der Waals surface area contributed by atoms with Gasteiger partial charge in [0.25, 0.3) is 0 Å². The molecular weight excluding hydrogens is 254 g/mol. The first-order chi connectivity index (χ1) is 9.72. The summed E-state index contributed by atoms with van der Waals surface area (Å²) in [6.07, 6.45) is 2.80. The molecule has 1 aromatic carbocycles. The lowest BCUT2D eigenvalue weighted by atomic mass is 10.1. The van der Waals surface area contributed by atoms with Crippen LogP contribution in [0.25, 0.3) is 11.0 Å². The zero-order valence-electron chi connectivity index (χ0n) is 11.7. The smallest absolute Gasteiger partial charge is 0.327 e. The molecule has 0 aliphatic carbocycles. The zero-order valence-corrected chi connectivity index (χ0v) is 11.7. The topological polar surface area (TPSA) is 70.0 Å². The van der Waals surface area contributed by atoms with E-state index in [1.807, 2.05) is 12.1 Å². The van der Waals surface area contributed by atoms with Crippen molar-refractivity contribution < 1.29 is 5.11 Å². The van der Waals surface area contributed by atoms with E-state index in [9.17, 15) is 9.90 Å². The molecule has 2 atom stereocenters. The molecule has 1 saturated heterocycles. The average molecular weight is 275 g/mol. The normalized spacial score (nSPS) is 23.3. The molecule has 2 heterocycles. The maximum absolute atomic E-state index is 12.3. The number of imidazole rings is 1. The summed E-state index contributed by atoms with van der Waals surface area (Å²) < 4.78 is 1.66. The molecule has 5 heteroatoms. The van der Waals surface area contributed by atoms with Crippen molar-refractivity contribution in [2.24, 2.45) is 0 Å². The standard InChI is InChI=1S/C15H21N3O2/c1-2-5-10-6-3-7-11-13(10)17-15(20)18(11)14-12(19)8-4-9-16-14/h3,6-7,12,14,16,19H,2,4-5,8-9H2,1H3,(H,17,20). The number of aryl methyl sites for hydroxylation is 1. The van der Waals surface area contributed by atoms with E-state index in [2.05, 4.69) is 23.3 Å². The van der Waals surface area contributed by atoms with Crippen LogP contribution in [-0.4, -0.2) is 27.3 Å². The number of H-pyrrole nitrogens is 1. The summed E-state index contributed by atoms with van der Waals surface area (Å²) in [6.45, 7) is 2.95. The van der Waals surface area contributed by atoms with Gasteiger partial charge in [-0.3, -0.25) is 9.88 Å². The third kappa shape index (κ3) is 2.17. The second kappa shape index (κ2) is 5.42. The molecule has 20 heavy (non-hydrogen) atoms. The van der Waals surface area contributed by atoms with Gasteiger partial charge in [0.1, 0.15) is 6.17 Å². The molecular formula is C15H21N3O2. The number of rotatable bonds is 3. The Bertz CT molecular complexity index is 659. The number of aliphatic hydroxyl groups excluding tert-OH is 1. The summed E-state index contributed by atoms with van der Waals surface area (Å²) in [5.41, 5.74) is 2.78. The minimum Gasteiger partial charge on any atom is -0.390 e. The molecule has 108 valence electrons. The fraction of sp³-hybridized carbons (Fsp3) is 0.533. The molecule has 3 rings (SSSR count). The van der Waals surface area contributed by atoms with Crippen molar-refractivity contribution in [2.45, 2.75) is 44.9 Å². The van der Waals surface area contributed by atoms with Gasteiger partial charge in [0.15, 0.2) is 0 Å². The highest BCUT2D eigenvalue weighted by Crippen LogP contribution is 2.23. The summed E-state index contributed by atoms with van der Waals surface area (Å²) in [6, 6.07) is 5.97. The molecule has 3 N–H and O–H groups in total. The highest BCUT2D eigenvalue weighted by Gasteiger charge is 2.27. The van der Waals surface area contributed by atoms with Crippen molar-refractivity contribution in [3.05, 3.63) is 34.2 Å². The van der Waals surface area contributed by atoms with Crippen LogP contribution in [-0.2, 0) is 6.42 Å². The second-order valence-corrected chi connectivity index (χ2v) is 5.47. The van der Waals surface area contributed by atoms with Crippen molar-refractivity contribution in [2.75, 3.05) is 6.54 Å². The number of piperidine rings is 1. The van der Waals surface area contributed by atoms with Crippen molar-refractivity contribution in [3.8, 4) is 0 Å². The van der Waals surface area contributed by atoms with Crippen molar-refractivity contribution >= 4 is 11.0 Å². The molecule has 5 nitrogen and oxygen atoms in total. The number of hydrogen-bond acceptors (Lipinski definition) is 3. The van der Waals surface area contributed by atoms with Gasteiger partial charge in [-0.15, -0.1) is 0 Å². The van der Waals surface area contributed by atoms with E-state index >= 15 is 0 Å². The maximum Gasteiger partial charge on any atom is 0.327 e. The predicted molar refractivity (Wildman–Crippen MR) is 78.8 cm³/mol. The van der Waals surface area contributed by atoms with Gasteiger partial charge >= 0.3 is 5.69 Å². The van der Waals surface area contributed by atoms with Crippen LogP contribution in [0, 0.1) is 0 Å². The summed E-state index contributed by atoms with van der Waals surface area (Å²) in [5, 5.41) is 13.4. The number of benzene rings is 1. The van der Waals surface area contributed by atoms with Gasteiger partial charge in [0.05, 0.1) is 17.1 Å². The van der Waals surface area contributed by atoms with Crippen molar-refractivity contribution in [1.29, 1.82) is 0 Å². The van der Waals surface area contributed by atoms with E-state index < -0.39 is 6.10 Å². The van der Waals surface area contributed by atoms with E-state index in [4.69, 9.17) is 0 Å². The van der Waals surface area contributed by atoms with Crippen LogP contribution < -0.4 is 11.0 Å². The lowest BCUT2D eigenvalue weighted by molar-refractivity contribution is 0.0642. The molecule has 1 aromatic heterocycles. The summed E-state index contributed by atoms with van der Waals surface area (Å²) in [5.74, 6) is 0. The lowest BCUT2D eigenvalue weighted by Crippen LogP contribution is -2.44. The number of hydrogen-bond donors (Lipinski definition) is 3. The largest absolute Gasteiger partial charge is 0.390 e. The van der Waals surface area contributed by atoms with E-state index in [1.54, 1.807) is 4.57 Å². The number of para-hydroxylation sites is 1. The molecule has 0 radical (unpaired) electrons. The molecule has 0 bridgehead atoms. The number of aliphatic hydroxyl groups is 1. The first kappa shape index (κ1) is 13.4. The minimum absolute atomic E-state index is 0.151. The number of aromatic amines is 1. The van der Waals surface area contributed by atoms with Crippen LogP contribution >= 0.6 is 0 Å². The van der Waals surface area contributed by atoms with Crippen LogP contribution in [0.2, 0.25) is 0 Å². The van der Waals surface area contributed by atoms with E-state index in [-0.39, 0.29) is 11.9 Å². The van der Waals surface area contributed by atoms with Gasteiger partial charge in [-0.25, -0.2) is 4.79 Å². The van der Waals surface area contributed by atoms with Crippen LogP contribution in [0.1, 0.15) is 37.9 Å². The number of fused-ring (bicyclic) bond motifs is 1. The number of nitrogens with one attached hydrogen (secondary N) is 2. The lowest BCUT2D eigenvalue weighted by Gasteiger charge is -2.29. The molecule has 2 aromatic rings. The van der Waals surface area contributed by atoms with Gasteiger partial charge in [0.2, 0.25) is 0 Å². The highest BCUT2D eigenvalue weighted by molar-refractivity contribution is 5.79. The Hall–Kier alpha value is -1.59. The van der Waals surface area contributed by atoms with Gasteiger partial charge in [-0.2, -0.15) is 0 Å². The Balaban J connectivity index is 2.13. The first-order valence-corrected chi connectivity index (χ1v) is 7.36. The van der Waals surface area contributed by atoms with Crippen LogP contribution in [0.15, 0.2) is 23.0 Å². The molecule has 1 aliphatic heterocycles. The van der Waals surface area contributed by atoms with Gasteiger partial charge in [-0.1, -0.05) is 25.5 Å². The summed E-state index contributed by atoms with van der Waals surface area (Å²) in [7, 11) is 0. The van der Waals surface area contributed by atoms with Crippen molar-refractivity contribution in [1.82, 2.24) is 14.9 Å². The zero-order chi connectivity index (χ0) is 14.1. The maximum atomic E-state index is 12.3. The summed E-state index contributed by atoms with van der Waals surface area (Å²) >= 11 is 0. The fourth-order valence-electron chi connectivity index (χ4n) is 3.08. The SMILES string of the molecule is CCCc1cccc2c1[nH]c(=O)n2C1NCCCC1O. The number of nitrogens with zero attached hydrogens (tertiary/aromatic N) is 1. The third-order valence-electron chi connectivity index (χ3n) is 4.03. The molecule has 0 amide bonds. The Kier molecular flexibility index (Phi) is 3.63. The first-order valence-electron chi connectivity index (χ1n) is 7.36. The molecule has 1 aliphatic rings. The third-order valence-corrected chi connectivity index (χ3v) is 4.03. The van der Waals surface area contributed by atoms with E-state index in [0.717, 1.165) is 48.8 Å². The van der Waals surface area contributed by atoms with Crippen molar-refractivity contribution in [3.63, 3.8) is 0 Å². The molecule has 1 fully saturated rings. The van der Waals surface area contributed by atoms with E-state index in [1.165, 1.54) is 0 Å². The monoisotopic (exact) mass is 275 g/mol. The van der Waals surface area contributed by atoms with Crippen LogP contribution in [0.4, 0.5) is 0 Å². The Morgan fingerprint density at radius 1 is 1.45 bits per heavy atom. The Morgan fingerprint density at radius 2 is 2.30 bits per heavy atom. The average Bonchev–Trinajstić information content (AvgIpc) is 2.77. The number of aromatic nitrogens is 2. The fourth-order valence-corrected chi connectivity index (χ4v) is 3.08. The van der Waals surface area contributed by atoms with Crippen LogP contribution in [0.3, 0.4) is 0 Å². The summed E-state index contributed by atoms with van der Waals surface area (Å²) in [4.78, 5) is 15.3.